The Bertz CT molecular complexity index is 410. The highest BCUT2D eigenvalue weighted by molar-refractivity contribution is 6.42. The van der Waals surface area contributed by atoms with Gasteiger partial charge in [-0.2, -0.15) is 0 Å². The van der Waals surface area contributed by atoms with Crippen molar-refractivity contribution >= 4 is 29.0 Å². The molecule has 0 aromatic heterocycles. The second-order valence-corrected chi connectivity index (χ2v) is 4.80. The number of likely N-dealkylation sites (N-methyl/N-ethyl adjacent to an activating group) is 1. The molecule has 3 nitrogen and oxygen atoms in total. The number of hydrogen-bond acceptors (Lipinski definition) is 3. The third kappa shape index (κ3) is 4.94. The van der Waals surface area contributed by atoms with Gasteiger partial charge >= 0.3 is 0 Å². The van der Waals surface area contributed by atoms with Gasteiger partial charge in [0, 0.05) is 18.7 Å². The molecule has 0 saturated carbocycles. The van der Waals surface area contributed by atoms with Crippen molar-refractivity contribution < 1.29 is 9.53 Å². The summed E-state index contributed by atoms with van der Waals surface area (Å²) in [5, 5.41) is 0.859. The topological polar surface area (TPSA) is 29.5 Å². The molecule has 0 saturated heterocycles. The zero-order chi connectivity index (χ0) is 13.5. The van der Waals surface area contributed by atoms with Crippen molar-refractivity contribution in [1.82, 2.24) is 4.90 Å². The number of hydrogen-bond donors (Lipinski definition) is 0. The Labute approximate surface area is 118 Å². The maximum Gasteiger partial charge on any atom is 0.176 e. The van der Waals surface area contributed by atoms with E-state index in [1.54, 1.807) is 18.2 Å². The number of nitrogens with zero attached hydrogens (tertiary/aromatic N) is 1. The first-order chi connectivity index (χ1) is 8.54. The molecular weight excluding hydrogens is 273 g/mol. The molecule has 0 aliphatic heterocycles. The van der Waals surface area contributed by atoms with Gasteiger partial charge in [0.1, 0.15) is 0 Å². The average Bonchev–Trinajstić information content (AvgIpc) is 2.33. The zero-order valence-electron chi connectivity index (χ0n) is 10.6. The largest absolute Gasteiger partial charge is 0.380 e. The second-order valence-electron chi connectivity index (χ2n) is 3.99. The van der Waals surface area contributed by atoms with Crippen LogP contribution in [0.1, 0.15) is 17.3 Å². The van der Waals surface area contributed by atoms with Crippen LogP contribution in [0.2, 0.25) is 10.0 Å². The normalized spacial score (nSPS) is 10.9. The quantitative estimate of drug-likeness (QED) is 0.570. The number of Topliss-reactive ketones (excluding diaryl/α,β-unsaturated/α-hetero) is 1. The summed E-state index contributed by atoms with van der Waals surface area (Å²) in [5.41, 5.74) is 0.577. The van der Waals surface area contributed by atoms with E-state index in [4.69, 9.17) is 27.9 Å². The molecule has 18 heavy (non-hydrogen) atoms. The summed E-state index contributed by atoms with van der Waals surface area (Å²) in [7, 11) is 1.88. The lowest BCUT2D eigenvalue weighted by Crippen LogP contribution is -2.29. The Balaban J connectivity index is 2.51. The SMILES string of the molecule is CCOCCN(C)CC(=O)c1ccc(Cl)c(Cl)c1. The number of ether oxygens (including phenoxy) is 1. The number of halogens is 2. The monoisotopic (exact) mass is 289 g/mol. The summed E-state index contributed by atoms with van der Waals surface area (Å²) < 4.78 is 5.23. The van der Waals surface area contributed by atoms with E-state index in [0.717, 1.165) is 6.54 Å². The molecule has 1 aromatic rings. The van der Waals surface area contributed by atoms with Crippen LogP contribution < -0.4 is 0 Å². The molecule has 100 valence electrons. The molecule has 0 spiro atoms. The van der Waals surface area contributed by atoms with E-state index in [1.165, 1.54) is 0 Å². The molecule has 0 atom stereocenters. The molecule has 0 heterocycles. The minimum absolute atomic E-state index is 0.0209. The van der Waals surface area contributed by atoms with Crippen LogP contribution in [-0.4, -0.2) is 44.0 Å². The molecule has 0 amide bonds. The Morgan fingerprint density at radius 1 is 1.33 bits per heavy atom. The first-order valence-corrected chi connectivity index (χ1v) is 6.54. The van der Waals surface area contributed by atoms with Crippen LogP contribution in [-0.2, 0) is 4.74 Å². The van der Waals surface area contributed by atoms with E-state index >= 15 is 0 Å². The predicted molar refractivity (Wildman–Crippen MR) is 74.8 cm³/mol. The van der Waals surface area contributed by atoms with Gasteiger partial charge in [-0.25, -0.2) is 0 Å². The van der Waals surface area contributed by atoms with Gasteiger partial charge in [0.2, 0.25) is 0 Å². The summed E-state index contributed by atoms with van der Waals surface area (Å²) in [5.74, 6) is 0.0209. The number of rotatable bonds is 7. The molecular formula is C13H17Cl2NO2. The van der Waals surface area contributed by atoms with Gasteiger partial charge in [-0.15, -0.1) is 0 Å². The Kier molecular flexibility index (Phi) is 6.65. The molecule has 0 bridgehead atoms. The first kappa shape index (κ1) is 15.4. The van der Waals surface area contributed by atoms with Crippen LogP contribution in [0.4, 0.5) is 0 Å². The van der Waals surface area contributed by atoms with Crippen molar-refractivity contribution in [2.75, 3.05) is 33.4 Å². The molecule has 0 aliphatic rings. The van der Waals surface area contributed by atoms with Crippen molar-refractivity contribution in [3.8, 4) is 0 Å². The van der Waals surface area contributed by atoms with Gasteiger partial charge in [-0.05, 0) is 32.2 Å². The van der Waals surface area contributed by atoms with Crippen LogP contribution in [0.25, 0.3) is 0 Å². The lowest BCUT2D eigenvalue weighted by molar-refractivity contribution is 0.0897. The van der Waals surface area contributed by atoms with E-state index in [1.807, 2.05) is 18.9 Å². The van der Waals surface area contributed by atoms with Crippen LogP contribution in [0.15, 0.2) is 18.2 Å². The van der Waals surface area contributed by atoms with Gasteiger partial charge in [-0.3, -0.25) is 9.69 Å². The van der Waals surface area contributed by atoms with Gasteiger partial charge in [-0.1, -0.05) is 23.2 Å². The lowest BCUT2D eigenvalue weighted by Gasteiger charge is -2.15. The number of benzene rings is 1. The highest BCUT2D eigenvalue weighted by Crippen LogP contribution is 2.22. The molecule has 1 rings (SSSR count). The maximum absolute atomic E-state index is 12.0. The summed E-state index contributed by atoms with van der Waals surface area (Å²) in [6, 6.07) is 4.92. The summed E-state index contributed by atoms with van der Waals surface area (Å²) in [6.07, 6.45) is 0. The molecule has 0 unspecified atom stereocenters. The van der Waals surface area contributed by atoms with E-state index in [2.05, 4.69) is 0 Å². The first-order valence-electron chi connectivity index (χ1n) is 5.79. The third-order valence-corrected chi connectivity index (χ3v) is 3.22. The molecule has 0 fully saturated rings. The van der Waals surface area contributed by atoms with Crippen LogP contribution in [0, 0.1) is 0 Å². The number of ketones is 1. The van der Waals surface area contributed by atoms with Crippen molar-refractivity contribution in [3.63, 3.8) is 0 Å². The standard InChI is InChI=1S/C13H17Cl2NO2/c1-3-18-7-6-16(2)9-13(17)10-4-5-11(14)12(15)8-10/h4-5,8H,3,6-7,9H2,1-2H3. The molecule has 0 N–H and O–H groups in total. The predicted octanol–water partition coefficient (Wildman–Crippen LogP) is 3.14. The van der Waals surface area contributed by atoms with Crippen molar-refractivity contribution in [2.45, 2.75) is 6.92 Å². The van der Waals surface area contributed by atoms with Crippen molar-refractivity contribution in [3.05, 3.63) is 33.8 Å². The molecule has 0 aliphatic carbocycles. The highest BCUT2D eigenvalue weighted by Gasteiger charge is 2.10. The van der Waals surface area contributed by atoms with E-state index < -0.39 is 0 Å². The third-order valence-electron chi connectivity index (χ3n) is 2.48. The van der Waals surface area contributed by atoms with Gasteiger partial charge in [0.05, 0.1) is 23.2 Å². The Hall–Kier alpha value is -0.610. The van der Waals surface area contributed by atoms with E-state index in [9.17, 15) is 4.79 Å². The van der Waals surface area contributed by atoms with Crippen LogP contribution in [0.5, 0.6) is 0 Å². The van der Waals surface area contributed by atoms with Gasteiger partial charge in [0.25, 0.3) is 0 Å². The second kappa shape index (κ2) is 7.74. The zero-order valence-corrected chi connectivity index (χ0v) is 12.1. The van der Waals surface area contributed by atoms with Gasteiger partial charge in [0.15, 0.2) is 5.78 Å². The highest BCUT2D eigenvalue weighted by atomic mass is 35.5. The number of carbonyl (C=O) groups excluding carboxylic acids is 1. The molecule has 5 heteroatoms. The van der Waals surface area contributed by atoms with Crippen LogP contribution >= 0.6 is 23.2 Å². The van der Waals surface area contributed by atoms with E-state index in [0.29, 0.717) is 35.4 Å². The van der Waals surface area contributed by atoms with Crippen molar-refractivity contribution in [1.29, 1.82) is 0 Å². The summed E-state index contributed by atoms with van der Waals surface area (Å²) >= 11 is 11.7. The average molecular weight is 290 g/mol. The number of carbonyl (C=O) groups is 1. The Morgan fingerprint density at radius 2 is 2.06 bits per heavy atom. The minimum atomic E-state index is 0.0209. The minimum Gasteiger partial charge on any atom is -0.380 e. The smallest absolute Gasteiger partial charge is 0.176 e. The van der Waals surface area contributed by atoms with Gasteiger partial charge < -0.3 is 4.74 Å². The maximum atomic E-state index is 12.0. The fourth-order valence-corrected chi connectivity index (χ4v) is 1.75. The lowest BCUT2D eigenvalue weighted by atomic mass is 10.1. The van der Waals surface area contributed by atoms with Crippen molar-refractivity contribution in [2.24, 2.45) is 0 Å². The summed E-state index contributed by atoms with van der Waals surface area (Å²) in [4.78, 5) is 13.9. The fraction of sp³-hybridized carbons (Fsp3) is 0.462. The molecule has 0 radical (unpaired) electrons. The summed E-state index contributed by atoms with van der Waals surface area (Å²) in [6.45, 7) is 4.32. The fourth-order valence-electron chi connectivity index (χ4n) is 1.45. The Morgan fingerprint density at radius 3 is 2.67 bits per heavy atom. The van der Waals surface area contributed by atoms with E-state index in [-0.39, 0.29) is 5.78 Å². The van der Waals surface area contributed by atoms with Crippen LogP contribution in [0.3, 0.4) is 0 Å². The molecule has 1 aromatic carbocycles.